The Morgan fingerprint density at radius 1 is 0.881 bits per heavy atom. The minimum atomic E-state index is -3.85. The van der Waals surface area contributed by atoms with E-state index < -0.39 is 21.6 Å². The maximum atomic E-state index is 13.5. The molecule has 1 atom stereocenters. The van der Waals surface area contributed by atoms with Gasteiger partial charge in [-0.25, -0.2) is 17.9 Å². The van der Waals surface area contributed by atoms with Crippen molar-refractivity contribution in [1.82, 2.24) is 4.72 Å². The molecule has 0 radical (unpaired) electrons. The van der Waals surface area contributed by atoms with Gasteiger partial charge in [-0.2, -0.15) is 0 Å². The molecule has 0 saturated carbocycles. The van der Waals surface area contributed by atoms with Crippen LogP contribution in [0.15, 0.2) is 95.9 Å². The van der Waals surface area contributed by atoms with Gasteiger partial charge in [0.05, 0.1) is 17.2 Å². The Kier molecular flexibility index (Phi) is 8.38. The van der Waals surface area contributed by atoms with Gasteiger partial charge in [0.15, 0.2) is 0 Å². The predicted octanol–water partition coefficient (Wildman–Crippen LogP) is 7.69. The third-order valence-corrected chi connectivity index (χ3v) is 8.88. The molecule has 3 N–H and O–H groups in total. The molecule has 1 unspecified atom stereocenters. The van der Waals surface area contributed by atoms with Gasteiger partial charge >= 0.3 is 6.03 Å². The van der Waals surface area contributed by atoms with Crippen LogP contribution in [-0.2, 0) is 10.0 Å². The number of amides is 2. The fourth-order valence-corrected chi connectivity index (χ4v) is 6.94. The molecule has 218 valence electrons. The largest absolute Gasteiger partial charge is 0.491 e. The molecule has 42 heavy (non-hydrogen) atoms. The van der Waals surface area contributed by atoms with Gasteiger partial charge in [0.2, 0.25) is 10.0 Å². The number of rotatable bonds is 6. The molecule has 5 rings (SSSR count). The van der Waals surface area contributed by atoms with E-state index in [1.165, 1.54) is 0 Å². The highest BCUT2D eigenvalue weighted by molar-refractivity contribution is 7.89. The predicted molar refractivity (Wildman–Crippen MR) is 169 cm³/mol. The minimum Gasteiger partial charge on any atom is -0.491 e. The monoisotopic (exact) mass is 583 g/mol. The highest BCUT2D eigenvalue weighted by Crippen LogP contribution is 2.45. The summed E-state index contributed by atoms with van der Waals surface area (Å²) in [7, 11) is -3.85. The number of carbonyl (C=O) groups excluding carboxylic acids is 1. The van der Waals surface area contributed by atoms with E-state index in [-0.39, 0.29) is 10.8 Å². The molecular weight excluding hydrogens is 546 g/mol. The maximum Gasteiger partial charge on any atom is 0.323 e. The van der Waals surface area contributed by atoms with Crippen LogP contribution in [0.4, 0.5) is 16.2 Å². The third-order valence-electron chi connectivity index (χ3n) is 7.06. The number of anilines is 2. The van der Waals surface area contributed by atoms with E-state index in [2.05, 4.69) is 27.5 Å². The van der Waals surface area contributed by atoms with E-state index in [1.807, 2.05) is 82.3 Å². The molecule has 4 aromatic carbocycles. The zero-order chi connectivity index (χ0) is 29.9. The molecule has 0 aliphatic carbocycles. The molecule has 0 saturated heterocycles. The Hall–Kier alpha value is -4.14. The van der Waals surface area contributed by atoms with Gasteiger partial charge in [-0.3, -0.25) is 0 Å². The number of hydrogen-bond acceptors (Lipinski definition) is 4. The van der Waals surface area contributed by atoms with Crippen molar-refractivity contribution in [1.29, 1.82) is 0 Å². The molecular formula is C34H37N3O4S. The summed E-state index contributed by atoms with van der Waals surface area (Å²) >= 11 is 0. The molecule has 7 nitrogen and oxygen atoms in total. The van der Waals surface area contributed by atoms with Crippen molar-refractivity contribution in [3.63, 3.8) is 0 Å². The summed E-state index contributed by atoms with van der Waals surface area (Å²) in [5.74, 6) is 0.596. The summed E-state index contributed by atoms with van der Waals surface area (Å²) in [4.78, 5) is 13.4. The molecule has 0 spiro atoms. The Labute approximate surface area is 248 Å². The van der Waals surface area contributed by atoms with Gasteiger partial charge in [0.1, 0.15) is 5.75 Å². The van der Waals surface area contributed by atoms with E-state index in [9.17, 15) is 13.2 Å². The fraction of sp³-hybridized carbons (Fsp3) is 0.265. The summed E-state index contributed by atoms with van der Waals surface area (Å²) in [5, 5.41) is 5.89. The van der Waals surface area contributed by atoms with Crippen LogP contribution in [-0.4, -0.2) is 26.6 Å². The standard InChI is InChI=1S/C34H37N3O4S/c1-23-16-18-26(19-17-23)35-33(38)36-30-22-25(28-13-8-9-15-31(28)42(39,40)37-34(2,3)4)21-29-27(14-10-20-41-32(29)30)24-11-6-5-7-12-24/h5-9,11-13,15-19,21-22,27,37H,10,14,20H2,1-4H3,(H2,35,36,38). The highest BCUT2D eigenvalue weighted by Gasteiger charge is 2.29. The first-order chi connectivity index (χ1) is 20.0. The summed E-state index contributed by atoms with van der Waals surface area (Å²) in [6, 6.07) is 28.1. The number of sulfonamides is 1. The van der Waals surface area contributed by atoms with Crippen LogP contribution in [0.25, 0.3) is 11.1 Å². The minimum absolute atomic E-state index is 0.000768. The van der Waals surface area contributed by atoms with Gasteiger partial charge in [-0.05, 0) is 82.0 Å². The number of fused-ring (bicyclic) bond motifs is 1. The molecule has 4 aromatic rings. The molecule has 0 fully saturated rings. The van der Waals surface area contributed by atoms with Gasteiger partial charge < -0.3 is 15.4 Å². The summed E-state index contributed by atoms with van der Waals surface area (Å²) < 4.78 is 36.1. The second-order valence-electron chi connectivity index (χ2n) is 11.7. The Balaban J connectivity index is 1.65. The molecule has 1 aliphatic rings. The molecule has 2 amide bonds. The van der Waals surface area contributed by atoms with E-state index in [4.69, 9.17) is 4.74 Å². The van der Waals surface area contributed by atoms with E-state index in [0.717, 1.165) is 29.5 Å². The van der Waals surface area contributed by atoms with Crippen molar-refractivity contribution < 1.29 is 17.9 Å². The fourth-order valence-electron chi connectivity index (χ4n) is 5.29. The van der Waals surface area contributed by atoms with Crippen LogP contribution in [0.1, 0.15) is 56.2 Å². The molecule has 0 aromatic heterocycles. The Bertz CT molecular complexity index is 1680. The topological polar surface area (TPSA) is 96.5 Å². The lowest BCUT2D eigenvalue weighted by atomic mass is 9.85. The first kappa shape index (κ1) is 29.4. The summed E-state index contributed by atoms with van der Waals surface area (Å²) in [5.41, 5.74) is 4.81. The first-order valence-corrected chi connectivity index (χ1v) is 15.6. The van der Waals surface area contributed by atoms with E-state index in [0.29, 0.717) is 34.9 Å². The molecule has 1 aliphatic heterocycles. The second kappa shape index (κ2) is 12.0. The highest BCUT2D eigenvalue weighted by atomic mass is 32.2. The summed E-state index contributed by atoms with van der Waals surface area (Å²) in [6.07, 6.45) is 1.68. The van der Waals surface area contributed by atoms with E-state index in [1.54, 1.807) is 24.3 Å². The Morgan fingerprint density at radius 3 is 2.29 bits per heavy atom. The van der Waals surface area contributed by atoms with Crippen molar-refractivity contribution in [2.75, 3.05) is 17.2 Å². The lowest BCUT2D eigenvalue weighted by molar-refractivity contribution is 0.262. The van der Waals surface area contributed by atoms with Gasteiger partial charge in [-0.15, -0.1) is 0 Å². The van der Waals surface area contributed by atoms with Crippen molar-refractivity contribution in [2.24, 2.45) is 0 Å². The van der Waals surface area contributed by atoms with Crippen LogP contribution >= 0.6 is 0 Å². The number of nitrogens with one attached hydrogen (secondary N) is 3. The van der Waals surface area contributed by atoms with Gasteiger partial charge in [0.25, 0.3) is 0 Å². The zero-order valence-electron chi connectivity index (χ0n) is 24.4. The number of benzene rings is 4. The van der Waals surface area contributed by atoms with Crippen LogP contribution in [0, 0.1) is 6.92 Å². The molecule has 1 heterocycles. The van der Waals surface area contributed by atoms with Crippen LogP contribution < -0.4 is 20.1 Å². The molecule has 0 bridgehead atoms. The molecule has 8 heteroatoms. The van der Waals surface area contributed by atoms with Crippen molar-refractivity contribution in [3.05, 3.63) is 108 Å². The van der Waals surface area contributed by atoms with Gasteiger partial charge in [-0.1, -0.05) is 66.2 Å². The second-order valence-corrected chi connectivity index (χ2v) is 13.3. The lowest BCUT2D eigenvalue weighted by Gasteiger charge is -2.24. The zero-order valence-corrected chi connectivity index (χ0v) is 25.2. The number of aryl methyl sites for hydroxylation is 1. The number of hydrogen-bond donors (Lipinski definition) is 3. The Morgan fingerprint density at radius 2 is 1.57 bits per heavy atom. The lowest BCUT2D eigenvalue weighted by Crippen LogP contribution is -2.40. The van der Waals surface area contributed by atoms with Gasteiger partial charge in [0, 0.05) is 28.3 Å². The van der Waals surface area contributed by atoms with Crippen molar-refractivity contribution in [3.8, 4) is 16.9 Å². The van der Waals surface area contributed by atoms with Crippen LogP contribution in [0.5, 0.6) is 5.75 Å². The maximum absolute atomic E-state index is 13.5. The normalized spacial score (nSPS) is 15.2. The SMILES string of the molecule is Cc1ccc(NC(=O)Nc2cc(-c3ccccc3S(=O)(=O)NC(C)(C)C)cc3c2OCCCC3c2ccccc2)cc1. The summed E-state index contributed by atoms with van der Waals surface area (Å²) in [6.45, 7) is 7.93. The van der Waals surface area contributed by atoms with Crippen LogP contribution in [0.3, 0.4) is 0 Å². The van der Waals surface area contributed by atoms with Crippen molar-refractivity contribution >= 4 is 27.4 Å². The van der Waals surface area contributed by atoms with Crippen molar-refractivity contribution in [2.45, 2.75) is 56.9 Å². The van der Waals surface area contributed by atoms with E-state index >= 15 is 0 Å². The number of urea groups is 1. The third kappa shape index (κ3) is 6.83. The number of ether oxygens (including phenoxy) is 1. The van der Waals surface area contributed by atoms with Crippen LogP contribution in [0.2, 0.25) is 0 Å². The number of carbonyl (C=O) groups is 1. The smallest absolute Gasteiger partial charge is 0.323 e. The first-order valence-electron chi connectivity index (χ1n) is 14.1. The average molecular weight is 584 g/mol. The quantitative estimate of drug-likeness (QED) is 0.217. The average Bonchev–Trinajstić information content (AvgIpc) is 3.16.